The van der Waals surface area contributed by atoms with Crippen LogP contribution in [0.3, 0.4) is 0 Å². The van der Waals surface area contributed by atoms with Gasteiger partial charge in [0.15, 0.2) is 0 Å². The van der Waals surface area contributed by atoms with Gasteiger partial charge in [0, 0.05) is 17.4 Å². The summed E-state index contributed by atoms with van der Waals surface area (Å²) in [4.78, 5) is 11.9. The molecule has 2 nitrogen and oxygen atoms in total. The Morgan fingerprint density at radius 1 is 0.947 bits per heavy atom. The predicted octanol–water partition coefficient (Wildman–Crippen LogP) is 3.55. The van der Waals surface area contributed by atoms with E-state index in [1.54, 1.807) is 0 Å². The molecule has 2 aromatic rings. The van der Waals surface area contributed by atoms with E-state index < -0.39 is 0 Å². The third kappa shape index (κ3) is 4.21. The largest absolute Gasteiger partial charge is 0.352 e. The number of halogens is 1. The number of nitrogens with one attached hydrogen (secondary N) is 1. The predicted molar refractivity (Wildman–Crippen MR) is 81.6 cm³/mol. The van der Waals surface area contributed by atoms with Gasteiger partial charge in [0.2, 0.25) is 0 Å². The molecule has 98 valence electrons. The fourth-order valence-corrected chi connectivity index (χ4v) is 2.19. The zero-order valence-electron chi connectivity index (χ0n) is 10.6. The van der Waals surface area contributed by atoms with Crippen LogP contribution in [0.15, 0.2) is 54.6 Å². The maximum atomic E-state index is 11.9. The summed E-state index contributed by atoms with van der Waals surface area (Å²) in [6.45, 7) is 0.656. The van der Waals surface area contributed by atoms with Gasteiger partial charge in [-0.05, 0) is 29.7 Å². The average Bonchev–Trinajstić information content (AvgIpc) is 2.48. The summed E-state index contributed by atoms with van der Waals surface area (Å²) in [5.41, 5.74) is 3.11. The summed E-state index contributed by atoms with van der Waals surface area (Å²) >= 11 is 3.39. The van der Waals surface area contributed by atoms with E-state index in [0.717, 1.165) is 11.8 Å². The van der Waals surface area contributed by atoms with Gasteiger partial charge in [-0.15, -0.1) is 0 Å². The Balaban J connectivity index is 1.84. The Bertz CT molecular complexity index is 522. The Hall–Kier alpha value is -1.61. The number of alkyl halides is 1. The van der Waals surface area contributed by atoms with Gasteiger partial charge in [-0.3, -0.25) is 4.79 Å². The van der Waals surface area contributed by atoms with Crippen molar-refractivity contribution < 1.29 is 4.79 Å². The van der Waals surface area contributed by atoms with Crippen molar-refractivity contribution in [2.75, 3.05) is 6.54 Å². The molecule has 2 aromatic carbocycles. The van der Waals surface area contributed by atoms with Crippen LogP contribution >= 0.6 is 15.9 Å². The first-order valence-electron chi connectivity index (χ1n) is 6.26. The van der Waals surface area contributed by atoms with E-state index in [9.17, 15) is 4.79 Å². The number of benzene rings is 2. The zero-order chi connectivity index (χ0) is 13.5. The third-order valence-electron chi connectivity index (χ3n) is 2.91. The van der Waals surface area contributed by atoms with Crippen LogP contribution in [0.25, 0.3) is 0 Å². The fourth-order valence-electron chi connectivity index (χ4n) is 1.81. The van der Waals surface area contributed by atoms with Crippen molar-refractivity contribution in [1.82, 2.24) is 5.32 Å². The molecule has 3 heteroatoms. The van der Waals surface area contributed by atoms with Gasteiger partial charge in [-0.1, -0.05) is 58.4 Å². The van der Waals surface area contributed by atoms with Gasteiger partial charge < -0.3 is 5.32 Å². The molecular weight excluding hydrogens is 302 g/mol. The normalized spacial score (nSPS) is 10.2. The quantitative estimate of drug-likeness (QED) is 0.839. The third-order valence-corrected chi connectivity index (χ3v) is 3.56. The first-order chi connectivity index (χ1) is 9.29. The summed E-state index contributed by atoms with van der Waals surface area (Å²) in [7, 11) is 0. The minimum atomic E-state index is -0.0166. The second-order valence-corrected chi connectivity index (χ2v) is 4.88. The summed E-state index contributed by atoms with van der Waals surface area (Å²) in [6.07, 6.45) is 0.853. The monoisotopic (exact) mass is 317 g/mol. The van der Waals surface area contributed by atoms with Gasteiger partial charge in [0.25, 0.3) is 5.91 Å². The van der Waals surface area contributed by atoms with Gasteiger partial charge in [-0.2, -0.15) is 0 Å². The van der Waals surface area contributed by atoms with E-state index in [0.29, 0.717) is 12.1 Å². The molecule has 1 amide bonds. The van der Waals surface area contributed by atoms with Gasteiger partial charge in [-0.25, -0.2) is 0 Å². The lowest BCUT2D eigenvalue weighted by Crippen LogP contribution is -2.25. The van der Waals surface area contributed by atoms with E-state index in [-0.39, 0.29) is 5.91 Å². The Morgan fingerprint density at radius 3 is 2.26 bits per heavy atom. The van der Waals surface area contributed by atoms with E-state index in [4.69, 9.17) is 0 Å². The van der Waals surface area contributed by atoms with E-state index in [1.807, 2.05) is 42.5 Å². The Kier molecular flexibility index (Phi) is 5.16. The van der Waals surface area contributed by atoms with Crippen LogP contribution in [0.2, 0.25) is 0 Å². The fraction of sp³-hybridized carbons (Fsp3) is 0.188. The van der Waals surface area contributed by atoms with Gasteiger partial charge in [0.05, 0.1) is 0 Å². The Morgan fingerprint density at radius 2 is 1.63 bits per heavy atom. The average molecular weight is 318 g/mol. The molecule has 0 aliphatic rings. The summed E-state index contributed by atoms with van der Waals surface area (Å²) in [5.74, 6) is -0.0166. The molecule has 1 N–H and O–H groups in total. The van der Waals surface area contributed by atoms with Crippen LogP contribution in [0.5, 0.6) is 0 Å². The van der Waals surface area contributed by atoms with Crippen LogP contribution < -0.4 is 5.32 Å². The molecule has 0 radical (unpaired) electrons. The summed E-state index contributed by atoms with van der Waals surface area (Å²) in [6, 6.07) is 17.8. The van der Waals surface area contributed by atoms with Crippen molar-refractivity contribution in [2.24, 2.45) is 0 Å². The highest BCUT2D eigenvalue weighted by Gasteiger charge is 2.04. The molecule has 2 rings (SSSR count). The molecule has 0 aliphatic carbocycles. The number of rotatable bonds is 5. The second kappa shape index (κ2) is 7.10. The highest BCUT2D eigenvalue weighted by Crippen LogP contribution is 2.08. The molecule has 0 bridgehead atoms. The van der Waals surface area contributed by atoms with Crippen LogP contribution in [0, 0.1) is 0 Å². The maximum absolute atomic E-state index is 11.9. The van der Waals surface area contributed by atoms with Crippen molar-refractivity contribution in [3.63, 3.8) is 0 Å². The van der Waals surface area contributed by atoms with E-state index in [1.165, 1.54) is 11.1 Å². The van der Waals surface area contributed by atoms with Crippen LogP contribution in [0.4, 0.5) is 0 Å². The number of carbonyl (C=O) groups is 1. The van der Waals surface area contributed by atoms with Crippen molar-refractivity contribution in [1.29, 1.82) is 0 Å². The topological polar surface area (TPSA) is 29.1 Å². The summed E-state index contributed by atoms with van der Waals surface area (Å²) in [5, 5.41) is 3.74. The highest BCUT2D eigenvalue weighted by molar-refractivity contribution is 9.08. The summed E-state index contributed by atoms with van der Waals surface area (Å²) < 4.78 is 0. The first kappa shape index (κ1) is 13.8. The molecule has 0 saturated heterocycles. The number of amides is 1. The lowest BCUT2D eigenvalue weighted by atomic mass is 10.1. The minimum Gasteiger partial charge on any atom is -0.352 e. The van der Waals surface area contributed by atoms with Gasteiger partial charge in [0.1, 0.15) is 0 Å². The molecule has 0 saturated carbocycles. The van der Waals surface area contributed by atoms with E-state index in [2.05, 4.69) is 33.4 Å². The van der Waals surface area contributed by atoms with Crippen molar-refractivity contribution in [3.8, 4) is 0 Å². The smallest absolute Gasteiger partial charge is 0.251 e. The lowest BCUT2D eigenvalue weighted by molar-refractivity contribution is 0.0954. The van der Waals surface area contributed by atoms with Crippen molar-refractivity contribution in [2.45, 2.75) is 11.8 Å². The number of carbonyl (C=O) groups excluding carboxylic acids is 1. The number of hydrogen-bond acceptors (Lipinski definition) is 1. The Labute approximate surface area is 122 Å². The van der Waals surface area contributed by atoms with Gasteiger partial charge >= 0.3 is 0 Å². The van der Waals surface area contributed by atoms with Crippen molar-refractivity contribution >= 4 is 21.8 Å². The molecule has 0 aromatic heterocycles. The second-order valence-electron chi connectivity index (χ2n) is 4.32. The lowest BCUT2D eigenvalue weighted by Gasteiger charge is -2.06. The molecule has 0 heterocycles. The van der Waals surface area contributed by atoms with Crippen LogP contribution in [-0.4, -0.2) is 12.5 Å². The minimum absolute atomic E-state index is 0.0166. The first-order valence-corrected chi connectivity index (χ1v) is 7.39. The van der Waals surface area contributed by atoms with E-state index >= 15 is 0 Å². The molecule has 0 fully saturated rings. The van der Waals surface area contributed by atoms with Crippen molar-refractivity contribution in [3.05, 3.63) is 71.3 Å². The molecule has 0 atom stereocenters. The van der Waals surface area contributed by atoms with Crippen LogP contribution in [0.1, 0.15) is 21.5 Å². The highest BCUT2D eigenvalue weighted by atomic mass is 79.9. The molecule has 19 heavy (non-hydrogen) atoms. The van der Waals surface area contributed by atoms with Crippen LogP contribution in [-0.2, 0) is 11.8 Å². The SMILES string of the molecule is O=C(NCCc1ccccc1)c1ccc(CBr)cc1. The molecule has 0 unspecified atom stereocenters. The molecular formula is C16H16BrNO. The molecule has 0 spiro atoms. The maximum Gasteiger partial charge on any atom is 0.251 e. The molecule has 0 aliphatic heterocycles. The number of hydrogen-bond donors (Lipinski definition) is 1. The zero-order valence-corrected chi connectivity index (χ0v) is 12.2. The standard InChI is InChI=1S/C16H16BrNO/c17-12-14-6-8-15(9-7-14)16(19)18-11-10-13-4-2-1-3-5-13/h1-9H,10-12H2,(H,18,19).